The number of piperazine rings is 1. The van der Waals surface area contributed by atoms with Crippen molar-refractivity contribution >= 4 is 28.4 Å². The lowest BCUT2D eigenvalue weighted by atomic mass is 10.1. The molecule has 0 radical (unpaired) electrons. The van der Waals surface area contributed by atoms with Crippen LogP contribution in [0.4, 0.5) is 5.69 Å². The highest BCUT2D eigenvalue weighted by atomic mass is 35.5. The van der Waals surface area contributed by atoms with Crippen molar-refractivity contribution in [2.45, 2.75) is 6.54 Å². The molecule has 1 saturated heterocycles. The number of para-hydroxylation sites is 1. The fourth-order valence-electron chi connectivity index (χ4n) is 3.22. The third-order valence-electron chi connectivity index (χ3n) is 4.50. The Kier molecular flexibility index (Phi) is 4.04. The summed E-state index contributed by atoms with van der Waals surface area (Å²) in [6, 6.07) is 13.8. The molecule has 6 heteroatoms. The van der Waals surface area contributed by atoms with Crippen molar-refractivity contribution in [3.8, 4) is 0 Å². The predicted octanol–water partition coefficient (Wildman–Crippen LogP) is 3.10. The number of hydrogen-bond donors (Lipinski definition) is 1. The number of halogens is 1. The molecule has 0 amide bonds. The summed E-state index contributed by atoms with van der Waals surface area (Å²) in [6.07, 6.45) is 0. The van der Waals surface area contributed by atoms with E-state index in [2.05, 4.69) is 26.9 Å². The number of aromatic nitrogens is 1. The van der Waals surface area contributed by atoms with Crippen LogP contribution in [0.3, 0.4) is 0 Å². The van der Waals surface area contributed by atoms with E-state index in [0.29, 0.717) is 5.58 Å². The molecule has 2 aromatic carbocycles. The van der Waals surface area contributed by atoms with Crippen LogP contribution in [0.15, 0.2) is 51.7 Å². The van der Waals surface area contributed by atoms with Gasteiger partial charge in [-0.2, -0.15) is 0 Å². The molecule has 1 N–H and O–H groups in total. The second kappa shape index (κ2) is 6.34. The van der Waals surface area contributed by atoms with E-state index in [1.807, 2.05) is 30.3 Å². The minimum absolute atomic E-state index is 0.398. The lowest BCUT2D eigenvalue weighted by Gasteiger charge is -2.36. The number of benzene rings is 2. The maximum atomic E-state index is 11.4. The smallest absolute Gasteiger partial charge is 0.408 e. The van der Waals surface area contributed by atoms with Gasteiger partial charge in [-0.15, -0.1) is 0 Å². The second-order valence-electron chi connectivity index (χ2n) is 6.04. The van der Waals surface area contributed by atoms with E-state index in [-0.39, 0.29) is 0 Å². The number of hydrogen-bond acceptors (Lipinski definition) is 4. The van der Waals surface area contributed by atoms with Gasteiger partial charge in [0.15, 0.2) is 5.58 Å². The molecular weight excluding hydrogens is 326 g/mol. The average molecular weight is 344 g/mol. The van der Waals surface area contributed by atoms with Gasteiger partial charge in [0, 0.05) is 43.4 Å². The first-order chi connectivity index (χ1) is 11.7. The van der Waals surface area contributed by atoms with Gasteiger partial charge in [0.1, 0.15) is 0 Å². The van der Waals surface area contributed by atoms with Gasteiger partial charge in [-0.05, 0) is 35.9 Å². The number of aromatic amines is 1. The monoisotopic (exact) mass is 343 g/mol. The number of H-pyrrole nitrogens is 1. The fourth-order valence-corrected chi connectivity index (χ4v) is 3.35. The summed E-state index contributed by atoms with van der Waals surface area (Å²) >= 11 is 5.95. The molecule has 1 aliphatic heterocycles. The highest BCUT2D eigenvalue weighted by Crippen LogP contribution is 2.21. The lowest BCUT2D eigenvalue weighted by molar-refractivity contribution is 0.250. The largest absolute Gasteiger partial charge is 0.417 e. The van der Waals surface area contributed by atoms with Gasteiger partial charge < -0.3 is 9.32 Å². The van der Waals surface area contributed by atoms with Crippen molar-refractivity contribution in [1.82, 2.24) is 9.88 Å². The topological polar surface area (TPSA) is 52.5 Å². The summed E-state index contributed by atoms with van der Waals surface area (Å²) in [5.41, 5.74) is 3.73. The van der Waals surface area contributed by atoms with Gasteiger partial charge in [-0.1, -0.05) is 23.7 Å². The van der Waals surface area contributed by atoms with Gasteiger partial charge in [0.05, 0.1) is 5.52 Å². The maximum Gasteiger partial charge on any atom is 0.417 e. The zero-order valence-electron chi connectivity index (χ0n) is 13.2. The van der Waals surface area contributed by atoms with Crippen LogP contribution in [0.5, 0.6) is 0 Å². The number of anilines is 1. The third kappa shape index (κ3) is 3.05. The van der Waals surface area contributed by atoms with Crippen LogP contribution in [0.25, 0.3) is 11.1 Å². The van der Waals surface area contributed by atoms with Gasteiger partial charge >= 0.3 is 5.76 Å². The van der Waals surface area contributed by atoms with Crippen molar-refractivity contribution in [1.29, 1.82) is 0 Å². The van der Waals surface area contributed by atoms with Gasteiger partial charge in [0.25, 0.3) is 0 Å². The van der Waals surface area contributed by atoms with Crippen LogP contribution in [0.1, 0.15) is 5.56 Å². The second-order valence-corrected chi connectivity index (χ2v) is 6.48. The van der Waals surface area contributed by atoms with Crippen molar-refractivity contribution in [3.05, 3.63) is 63.6 Å². The van der Waals surface area contributed by atoms with Gasteiger partial charge in [-0.3, -0.25) is 9.88 Å². The minimum Gasteiger partial charge on any atom is -0.408 e. The van der Waals surface area contributed by atoms with Crippen LogP contribution in [-0.2, 0) is 6.54 Å². The SMILES string of the molecule is O=c1[nH]c2c(CN3CCN(c4ccc(Cl)cc4)CC3)cccc2o1. The summed E-state index contributed by atoms with van der Waals surface area (Å²) in [7, 11) is 0. The van der Waals surface area contributed by atoms with Crippen molar-refractivity contribution in [2.75, 3.05) is 31.1 Å². The zero-order chi connectivity index (χ0) is 16.5. The van der Waals surface area contributed by atoms with E-state index < -0.39 is 5.76 Å². The first kappa shape index (κ1) is 15.3. The van der Waals surface area contributed by atoms with Crippen LogP contribution in [0.2, 0.25) is 5.02 Å². The van der Waals surface area contributed by atoms with E-state index >= 15 is 0 Å². The summed E-state index contributed by atoms with van der Waals surface area (Å²) in [6.45, 7) is 4.70. The minimum atomic E-state index is -0.398. The summed E-state index contributed by atoms with van der Waals surface area (Å²) in [5, 5.41) is 0.764. The number of fused-ring (bicyclic) bond motifs is 1. The molecule has 5 nitrogen and oxygen atoms in total. The van der Waals surface area contributed by atoms with Crippen LogP contribution < -0.4 is 10.7 Å². The zero-order valence-corrected chi connectivity index (χ0v) is 13.9. The highest BCUT2D eigenvalue weighted by molar-refractivity contribution is 6.30. The van der Waals surface area contributed by atoms with E-state index in [4.69, 9.17) is 16.0 Å². The molecule has 0 bridgehead atoms. The van der Waals surface area contributed by atoms with E-state index in [1.165, 1.54) is 5.69 Å². The Labute approximate surface area is 144 Å². The molecule has 1 aromatic heterocycles. The Balaban J connectivity index is 1.44. The molecule has 24 heavy (non-hydrogen) atoms. The first-order valence-electron chi connectivity index (χ1n) is 8.03. The maximum absolute atomic E-state index is 11.4. The first-order valence-corrected chi connectivity index (χ1v) is 8.40. The average Bonchev–Trinajstić information content (AvgIpc) is 2.98. The molecule has 3 aromatic rings. The van der Waals surface area contributed by atoms with Gasteiger partial charge in [0.2, 0.25) is 0 Å². The van der Waals surface area contributed by atoms with E-state index in [9.17, 15) is 4.79 Å². The van der Waals surface area contributed by atoms with E-state index in [1.54, 1.807) is 0 Å². The molecule has 0 atom stereocenters. The Morgan fingerprint density at radius 2 is 1.79 bits per heavy atom. The van der Waals surface area contributed by atoms with E-state index in [0.717, 1.165) is 48.8 Å². The molecule has 0 aliphatic carbocycles. The normalized spacial score (nSPS) is 16.0. The van der Waals surface area contributed by atoms with Crippen molar-refractivity contribution in [2.24, 2.45) is 0 Å². The summed E-state index contributed by atoms with van der Waals surface area (Å²) < 4.78 is 5.13. The Bertz CT molecular complexity index is 893. The Morgan fingerprint density at radius 3 is 2.54 bits per heavy atom. The molecule has 0 saturated carbocycles. The quantitative estimate of drug-likeness (QED) is 0.794. The molecule has 2 heterocycles. The molecule has 4 rings (SSSR count). The Hall–Kier alpha value is -2.24. The summed E-state index contributed by atoms with van der Waals surface area (Å²) in [5.74, 6) is -0.398. The Morgan fingerprint density at radius 1 is 1.04 bits per heavy atom. The fraction of sp³-hybridized carbons (Fsp3) is 0.278. The molecule has 124 valence electrons. The van der Waals surface area contributed by atoms with Gasteiger partial charge in [-0.25, -0.2) is 4.79 Å². The molecular formula is C18H18ClN3O2. The number of nitrogens with one attached hydrogen (secondary N) is 1. The summed E-state index contributed by atoms with van der Waals surface area (Å²) in [4.78, 5) is 19.0. The van der Waals surface area contributed by atoms with Crippen molar-refractivity contribution in [3.63, 3.8) is 0 Å². The standard InChI is InChI=1S/C18H18ClN3O2/c19-14-4-6-15(7-5-14)22-10-8-21(9-11-22)12-13-2-1-3-16-17(13)20-18(23)24-16/h1-7H,8-12H2,(H,20,23). The van der Waals surface area contributed by atoms with Crippen LogP contribution in [0, 0.1) is 0 Å². The number of nitrogens with zero attached hydrogens (tertiary/aromatic N) is 2. The molecule has 1 fully saturated rings. The number of oxazole rings is 1. The predicted molar refractivity (Wildman–Crippen MR) is 95.8 cm³/mol. The molecule has 0 spiro atoms. The molecule has 0 unspecified atom stereocenters. The molecule has 1 aliphatic rings. The lowest BCUT2D eigenvalue weighted by Crippen LogP contribution is -2.46. The number of rotatable bonds is 3. The van der Waals surface area contributed by atoms with Crippen LogP contribution >= 0.6 is 11.6 Å². The van der Waals surface area contributed by atoms with Crippen molar-refractivity contribution < 1.29 is 4.42 Å². The third-order valence-corrected chi connectivity index (χ3v) is 4.75. The van der Waals surface area contributed by atoms with Crippen LogP contribution in [-0.4, -0.2) is 36.1 Å². The highest BCUT2D eigenvalue weighted by Gasteiger charge is 2.18.